The maximum atomic E-state index is 12.2. The van der Waals surface area contributed by atoms with Gasteiger partial charge in [-0.05, 0) is 42.3 Å². The van der Waals surface area contributed by atoms with Crippen molar-refractivity contribution in [3.8, 4) is 5.75 Å². The summed E-state index contributed by atoms with van der Waals surface area (Å²) in [7, 11) is 1.62. The first kappa shape index (κ1) is 14.6. The molecule has 1 aliphatic heterocycles. The molecule has 1 heterocycles. The van der Waals surface area contributed by atoms with Crippen molar-refractivity contribution in [1.29, 1.82) is 0 Å². The molecule has 4 nitrogen and oxygen atoms in total. The molecule has 0 fully saturated rings. The molecule has 1 aliphatic rings. The lowest BCUT2D eigenvalue weighted by molar-refractivity contribution is -0.115. The Hall–Kier alpha value is -2.33. The predicted octanol–water partition coefficient (Wildman–Crippen LogP) is 2.52. The number of para-hydroxylation sites is 1. The fourth-order valence-corrected chi connectivity index (χ4v) is 2.79. The van der Waals surface area contributed by atoms with Gasteiger partial charge in [-0.15, -0.1) is 0 Å². The van der Waals surface area contributed by atoms with Crippen molar-refractivity contribution in [3.63, 3.8) is 0 Å². The Balaban J connectivity index is 1.69. The van der Waals surface area contributed by atoms with Gasteiger partial charge in [0.1, 0.15) is 5.75 Å². The molecule has 4 heteroatoms. The molecule has 0 saturated carbocycles. The smallest absolute Gasteiger partial charge is 0.228 e. The first-order valence-electron chi connectivity index (χ1n) is 7.50. The van der Waals surface area contributed by atoms with E-state index in [4.69, 9.17) is 4.74 Å². The summed E-state index contributed by atoms with van der Waals surface area (Å²) in [6.07, 6.45) is 1.35. The molecule has 0 atom stereocenters. The average molecular weight is 296 g/mol. The Morgan fingerprint density at radius 1 is 1.23 bits per heavy atom. The van der Waals surface area contributed by atoms with Crippen LogP contribution in [0.4, 0.5) is 5.69 Å². The van der Waals surface area contributed by atoms with Crippen LogP contribution in [0, 0.1) is 0 Å². The van der Waals surface area contributed by atoms with Crippen LogP contribution in [0.5, 0.6) is 5.75 Å². The summed E-state index contributed by atoms with van der Waals surface area (Å²) in [6.45, 7) is 1.89. The summed E-state index contributed by atoms with van der Waals surface area (Å²) in [5, 5.41) is 6.32. The van der Waals surface area contributed by atoms with Crippen LogP contribution in [-0.4, -0.2) is 19.6 Å². The number of fused-ring (bicyclic) bond motifs is 1. The minimum atomic E-state index is -0.0341. The Labute approximate surface area is 130 Å². The summed E-state index contributed by atoms with van der Waals surface area (Å²) in [4.78, 5) is 12.2. The second-order valence-electron chi connectivity index (χ2n) is 5.45. The number of amides is 1. The van der Waals surface area contributed by atoms with E-state index in [9.17, 15) is 4.79 Å². The number of ether oxygens (including phenoxy) is 1. The molecule has 0 saturated heterocycles. The van der Waals surface area contributed by atoms with Crippen LogP contribution in [-0.2, 0) is 24.2 Å². The molecule has 0 unspecified atom stereocenters. The lowest BCUT2D eigenvalue weighted by Crippen LogP contribution is -2.24. The number of nitrogens with one attached hydrogen (secondary N) is 2. The second kappa shape index (κ2) is 6.62. The third-order valence-electron chi connectivity index (χ3n) is 3.92. The lowest BCUT2D eigenvalue weighted by Gasteiger charge is -2.18. The van der Waals surface area contributed by atoms with Crippen molar-refractivity contribution in [2.45, 2.75) is 19.4 Å². The third kappa shape index (κ3) is 3.28. The van der Waals surface area contributed by atoms with Crippen LogP contribution in [0.2, 0.25) is 0 Å². The zero-order valence-corrected chi connectivity index (χ0v) is 12.7. The molecular formula is C18H20N2O2. The van der Waals surface area contributed by atoms with E-state index in [2.05, 4.69) is 22.8 Å². The Kier molecular flexibility index (Phi) is 4.39. The maximum Gasteiger partial charge on any atom is 0.228 e. The fraction of sp³-hybridized carbons (Fsp3) is 0.278. The summed E-state index contributed by atoms with van der Waals surface area (Å²) in [5.41, 5.74) is 4.37. The second-order valence-corrected chi connectivity index (χ2v) is 5.45. The summed E-state index contributed by atoms with van der Waals surface area (Å²) in [5.74, 6) is 0.709. The standard InChI is InChI=1S/C18H20N2O2/c1-22-17-5-3-2-4-14(17)11-18(21)20-16-7-6-13-8-9-19-12-15(13)10-16/h2-7,10,19H,8-9,11-12H2,1H3,(H,20,21). The van der Waals surface area contributed by atoms with Gasteiger partial charge in [-0.3, -0.25) is 4.79 Å². The van der Waals surface area contributed by atoms with Gasteiger partial charge in [0, 0.05) is 17.8 Å². The molecule has 0 radical (unpaired) electrons. The van der Waals surface area contributed by atoms with Crippen molar-refractivity contribution in [3.05, 3.63) is 59.2 Å². The highest BCUT2D eigenvalue weighted by atomic mass is 16.5. The van der Waals surface area contributed by atoms with Crippen molar-refractivity contribution >= 4 is 11.6 Å². The summed E-state index contributed by atoms with van der Waals surface area (Å²) >= 11 is 0. The van der Waals surface area contributed by atoms with E-state index >= 15 is 0 Å². The molecule has 2 aromatic rings. The zero-order valence-electron chi connectivity index (χ0n) is 12.7. The number of hydrogen-bond donors (Lipinski definition) is 2. The normalized spacial score (nSPS) is 13.3. The molecule has 0 spiro atoms. The van der Waals surface area contributed by atoms with Crippen LogP contribution in [0.3, 0.4) is 0 Å². The highest BCUT2D eigenvalue weighted by Gasteiger charge is 2.11. The molecule has 2 aromatic carbocycles. The van der Waals surface area contributed by atoms with Gasteiger partial charge in [0.2, 0.25) is 5.91 Å². The number of benzene rings is 2. The molecule has 1 amide bonds. The van der Waals surface area contributed by atoms with Gasteiger partial charge in [-0.1, -0.05) is 24.3 Å². The van der Waals surface area contributed by atoms with Gasteiger partial charge in [-0.25, -0.2) is 0 Å². The van der Waals surface area contributed by atoms with E-state index < -0.39 is 0 Å². The zero-order chi connectivity index (χ0) is 15.4. The predicted molar refractivity (Wildman–Crippen MR) is 87.2 cm³/mol. The first-order valence-corrected chi connectivity index (χ1v) is 7.50. The summed E-state index contributed by atoms with van der Waals surface area (Å²) in [6, 6.07) is 13.7. The van der Waals surface area contributed by atoms with Crippen LogP contribution in [0.15, 0.2) is 42.5 Å². The van der Waals surface area contributed by atoms with E-state index in [1.807, 2.05) is 30.3 Å². The monoisotopic (exact) mass is 296 g/mol. The van der Waals surface area contributed by atoms with Crippen LogP contribution in [0.1, 0.15) is 16.7 Å². The van der Waals surface area contributed by atoms with Crippen molar-refractivity contribution < 1.29 is 9.53 Å². The van der Waals surface area contributed by atoms with E-state index in [0.717, 1.165) is 36.5 Å². The quantitative estimate of drug-likeness (QED) is 0.911. The molecular weight excluding hydrogens is 276 g/mol. The van der Waals surface area contributed by atoms with E-state index in [0.29, 0.717) is 6.42 Å². The molecule has 0 aliphatic carbocycles. The molecule has 2 N–H and O–H groups in total. The van der Waals surface area contributed by atoms with Crippen LogP contribution >= 0.6 is 0 Å². The lowest BCUT2D eigenvalue weighted by atomic mass is 10.0. The van der Waals surface area contributed by atoms with E-state index in [1.54, 1.807) is 7.11 Å². The number of anilines is 1. The molecule has 22 heavy (non-hydrogen) atoms. The van der Waals surface area contributed by atoms with E-state index in [-0.39, 0.29) is 5.91 Å². The first-order chi connectivity index (χ1) is 10.8. The largest absolute Gasteiger partial charge is 0.496 e. The molecule has 0 aromatic heterocycles. The Bertz CT molecular complexity index is 683. The van der Waals surface area contributed by atoms with Crippen molar-refractivity contribution in [1.82, 2.24) is 5.32 Å². The van der Waals surface area contributed by atoms with Gasteiger partial charge in [0.25, 0.3) is 0 Å². The average Bonchev–Trinajstić information content (AvgIpc) is 2.55. The van der Waals surface area contributed by atoms with Crippen molar-refractivity contribution in [2.75, 3.05) is 19.0 Å². The molecule has 114 valence electrons. The number of carbonyl (C=O) groups is 1. The minimum absolute atomic E-state index is 0.0341. The maximum absolute atomic E-state index is 12.2. The third-order valence-corrected chi connectivity index (χ3v) is 3.92. The highest BCUT2D eigenvalue weighted by molar-refractivity contribution is 5.92. The van der Waals surface area contributed by atoms with Gasteiger partial charge in [0.05, 0.1) is 13.5 Å². The van der Waals surface area contributed by atoms with Gasteiger partial charge in [0.15, 0.2) is 0 Å². The Morgan fingerprint density at radius 2 is 2.09 bits per heavy atom. The van der Waals surface area contributed by atoms with Crippen molar-refractivity contribution in [2.24, 2.45) is 0 Å². The van der Waals surface area contributed by atoms with Crippen LogP contribution in [0.25, 0.3) is 0 Å². The SMILES string of the molecule is COc1ccccc1CC(=O)Nc1ccc2c(c1)CNCC2. The number of methoxy groups -OCH3 is 1. The summed E-state index contributed by atoms with van der Waals surface area (Å²) < 4.78 is 5.28. The number of carbonyl (C=O) groups excluding carboxylic acids is 1. The Morgan fingerprint density at radius 3 is 2.95 bits per heavy atom. The van der Waals surface area contributed by atoms with Gasteiger partial charge >= 0.3 is 0 Å². The fourth-order valence-electron chi connectivity index (χ4n) is 2.79. The van der Waals surface area contributed by atoms with Crippen LogP contribution < -0.4 is 15.4 Å². The molecule has 0 bridgehead atoms. The van der Waals surface area contributed by atoms with Gasteiger partial charge in [-0.2, -0.15) is 0 Å². The van der Waals surface area contributed by atoms with Gasteiger partial charge < -0.3 is 15.4 Å². The number of rotatable bonds is 4. The molecule has 3 rings (SSSR count). The topological polar surface area (TPSA) is 50.4 Å². The minimum Gasteiger partial charge on any atom is -0.496 e. The number of hydrogen-bond acceptors (Lipinski definition) is 3. The highest BCUT2D eigenvalue weighted by Crippen LogP contribution is 2.21. The van der Waals surface area contributed by atoms with E-state index in [1.165, 1.54) is 11.1 Å².